The van der Waals surface area contributed by atoms with Crippen molar-refractivity contribution in [2.45, 2.75) is 37.8 Å². The second-order valence-corrected chi connectivity index (χ2v) is 6.45. The van der Waals surface area contributed by atoms with Crippen LogP contribution in [0.25, 0.3) is 11.4 Å². The highest BCUT2D eigenvalue weighted by Crippen LogP contribution is 2.28. The molecule has 7 heteroatoms. The molecule has 2 aromatic heterocycles. The molecule has 3 aromatic rings. The van der Waals surface area contributed by atoms with E-state index in [9.17, 15) is 4.79 Å². The topological polar surface area (TPSA) is 85.6 Å². The Hall–Kier alpha value is -3.09. The first-order valence-electron chi connectivity index (χ1n) is 8.88. The van der Waals surface area contributed by atoms with Gasteiger partial charge in [-0.05, 0) is 30.2 Å². The fraction of sp³-hybridized carbons (Fsp3) is 0.316. The maximum Gasteiger partial charge on any atom is 0.270 e. The Morgan fingerprint density at radius 3 is 2.65 bits per heavy atom. The Morgan fingerprint density at radius 2 is 1.85 bits per heavy atom. The van der Waals surface area contributed by atoms with E-state index in [0.29, 0.717) is 11.5 Å². The van der Waals surface area contributed by atoms with Crippen LogP contribution < -0.4 is 5.32 Å². The molecule has 1 fully saturated rings. The van der Waals surface area contributed by atoms with Crippen molar-refractivity contribution in [2.75, 3.05) is 0 Å². The molecule has 132 valence electrons. The fourth-order valence-electron chi connectivity index (χ4n) is 3.36. The van der Waals surface area contributed by atoms with Gasteiger partial charge in [0.2, 0.25) is 5.82 Å². The number of carbonyl (C=O) groups is 1. The van der Waals surface area contributed by atoms with E-state index in [0.717, 1.165) is 31.2 Å². The Kier molecular flexibility index (Phi) is 4.68. The molecule has 0 saturated heterocycles. The third kappa shape index (κ3) is 3.46. The van der Waals surface area contributed by atoms with Crippen LogP contribution in [0, 0.1) is 0 Å². The number of pyridine rings is 1. The maximum atomic E-state index is 12.5. The second kappa shape index (κ2) is 7.43. The van der Waals surface area contributed by atoms with Gasteiger partial charge in [0, 0.05) is 11.8 Å². The van der Waals surface area contributed by atoms with Crippen LogP contribution in [0.1, 0.15) is 42.2 Å². The van der Waals surface area contributed by atoms with Gasteiger partial charge in [0.25, 0.3) is 5.91 Å². The van der Waals surface area contributed by atoms with Crippen LogP contribution in [0.5, 0.6) is 0 Å². The maximum absolute atomic E-state index is 12.5. The van der Waals surface area contributed by atoms with E-state index in [1.165, 1.54) is 0 Å². The van der Waals surface area contributed by atoms with Crippen LogP contribution in [0.3, 0.4) is 0 Å². The van der Waals surface area contributed by atoms with Crippen LogP contribution in [-0.2, 0) is 0 Å². The molecule has 0 spiro atoms. The molecule has 1 N–H and O–H groups in total. The highest BCUT2D eigenvalue weighted by atomic mass is 16.2. The molecule has 2 heterocycles. The quantitative estimate of drug-likeness (QED) is 0.783. The van der Waals surface area contributed by atoms with Gasteiger partial charge in [0.15, 0.2) is 0 Å². The van der Waals surface area contributed by atoms with Crippen molar-refractivity contribution >= 4 is 5.91 Å². The van der Waals surface area contributed by atoms with Crippen molar-refractivity contribution in [1.82, 2.24) is 30.5 Å². The fourth-order valence-corrected chi connectivity index (χ4v) is 3.36. The molecule has 0 radical (unpaired) electrons. The van der Waals surface area contributed by atoms with Gasteiger partial charge in [-0.15, -0.1) is 10.2 Å². The first kappa shape index (κ1) is 16.4. The molecule has 1 saturated carbocycles. The van der Waals surface area contributed by atoms with Crippen LogP contribution in [-0.4, -0.2) is 37.1 Å². The highest BCUT2D eigenvalue weighted by molar-refractivity contribution is 5.92. The van der Waals surface area contributed by atoms with Gasteiger partial charge in [0.1, 0.15) is 5.69 Å². The number of hydrogen-bond acceptors (Lipinski definition) is 5. The van der Waals surface area contributed by atoms with E-state index in [-0.39, 0.29) is 18.0 Å². The molecule has 0 aliphatic heterocycles. The summed E-state index contributed by atoms with van der Waals surface area (Å²) in [5.74, 6) is 0.442. The summed E-state index contributed by atoms with van der Waals surface area (Å²) in [5, 5.41) is 16.1. The minimum atomic E-state index is -0.161. The Balaban J connectivity index is 1.53. The summed E-state index contributed by atoms with van der Waals surface area (Å²) in [6.45, 7) is 0. The number of nitrogens with one attached hydrogen (secondary N) is 1. The Bertz CT molecular complexity index is 864. The van der Waals surface area contributed by atoms with Gasteiger partial charge in [-0.1, -0.05) is 49.2 Å². The largest absolute Gasteiger partial charge is 0.346 e. The minimum absolute atomic E-state index is 0.00127. The van der Waals surface area contributed by atoms with Crippen molar-refractivity contribution in [2.24, 2.45) is 0 Å². The van der Waals surface area contributed by atoms with Gasteiger partial charge in [0.05, 0.1) is 12.1 Å². The van der Waals surface area contributed by atoms with E-state index in [4.69, 9.17) is 0 Å². The summed E-state index contributed by atoms with van der Waals surface area (Å²) in [6, 6.07) is 15.1. The number of rotatable bonds is 4. The molecule has 1 aliphatic rings. The van der Waals surface area contributed by atoms with Gasteiger partial charge < -0.3 is 5.32 Å². The summed E-state index contributed by atoms with van der Waals surface area (Å²) in [6.07, 6.45) is 5.59. The lowest BCUT2D eigenvalue weighted by molar-refractivity contribution is 0.0895. The number of amides is 1. The number of aromatic nitrogens is 5. The molecular formula is C19H20N6O. The number of benzene rings is 1. The molecule has 7 nitrogen and oxygen atoms in total. The number of carbonyl (C=O) groups excluding carboxylic acids is 1. The lowest BCUT2D eigenvalue weighted by Crippen LogP contribution is -2.44. The average Bonchev–Trinajstić information content (AvgIpc) is 3.20. The summed E-state index contributed by atoms with van der Waals surface area (Å²) in [4.78, 5) is 18.3. The van der Waals surface area contributed by atoms with Crippen LogP contribution in [0.4, 0.5) is 0 Å². The van der Waals surface area contributed by atoms with E-state index in [1.54, 1.807) is 23.1 Å². The van der Waals surface area contributed by atoms with Crippen molar-refractivity contribution in [3.05, 3.63) is 60.4 Å². The predicted molar refractivity (Wildman–Crippen MR) is 96.2 cm³/mol. The zero-order chi connectivity index (χ0) is 17.8. The Morgan fingerprint density at radius 1 is 1.04 bits per heavy atom. The van der Waals surface area contributed by atoms with Crippen LogP contribution in [0.2, 0.25) is 0 Å². The van der Waals surface area contributed by atoms with Gasteiger partial charge in [-0.3, -0.25) is 9.78 Å². The van der Waals surface area contributed by atoms with Crippen molar-refractivity contribution < 1.29 is 4.79 Å². The lowest BCUT2D eigenvalue weighted by Gasteiger charge is -2.30. The van der Waals surface area contributed by atoms with Gasteiger partial charge in [-0.2, -0.15) is 4.80 Å². The molecule has 0 unspecified atom stereocenters. The molecule has 1 amide bonds. The molecule has 1 aliphatic carbocycles. The van der Waals surface area contributed by atoms with E-state index >= 15 is 0 Å². The molecular weight excluding hydrogens is 328 g/mol. The van der Waals surface area contributed by atoms with Crippen molar-refractivity contribution in [3.63, 3.8) is 0 Å². The monoisotopic (exact) mass is 348 g/mol. The van der Waals surface area contributed by atoms with Crippen LogP contribution >= 0.6 is 0 Å². The molecule has 4 rings (SSSR count). The van der Waals surface area contributed by atoms with E-state index < -0.39 is 0 Å². The normalized spacial score (nSPS) is 19.8. The standard InChI is InChI=1S/C19H20N6O/c26-19(16-11-6-7-13-20-16)21-15-10-4-5-12-17(15)25-23-18(22-24-25)14-8-2-1-3-9-14/h1-3,6-9,11,13,15,17H,4-5,10,12H2,(H,21,26)/t15-,17-/m0/s1. The summed E-state index contributed by atoms with van der Waals surface area (Å²) < 4.78 is 0. The highest BCUT2D eigenvalue weighted by Gasteiger charge is 2.30. The van der Waals surface area contributed by atoms with E-state index in [1.807, 2.05) is 36.4 Å². The number of hydrogen-bond donors (Lipinski definition) is 1. The third-order valence-electron chi connectivity index (χ3n) is 4.70. The first-order valence-corrected chi connectivity index (χ1v) is 8.88. The predicted octanol–water partition coefficient (Wildman–Crippen LogP) is 2.65. The lowest BCUT2D eigenvalue weighted by atomic mass is 9.90. The smallest absolute Gasteiger partial charge is 0.270 e. The minimum Gasteiger partial charge on any atom is -0.346 e. The third-order valence-corrected chi connectivity index (χ3v) is 4.70. The van der Waals surface area contributed by atoms with Crippen LogP contribution in [0.15, 0.2) is 54.7 Å². The second-order valence-electron chi connectivity index (χ2n) is 6.45. The van der Waals surface area contributed by atoms with Crippen molar-refractivity contribution in [1.29, 1.82) is 0 Å². The summed E-state index contributed by atoms with van der Waals surface area (Å²) in [7, 11) is 0. The summed E-state index contributed by atoms with van der Waals surface area (Å²) in [5.41, 5.74) is 1.36. The molecule has 0 bridgehead atoms. The molecule has 1 aromatic carbocycles. The zero-order valence-electron chi connectivity index (χ0n) is 14.3. The summed E-state index contributed by atoms with van der Waals surface area (Å²) >= 11 is 0. The number of nitrogens with zero attached hydrogens (tertiary/aromatic N) is 5. The van der Waals surface area contributed by atoms with Gasteiger partial charge >= 0.3 is 0 Å². The first-order chi connectivity index (χ1) is 12.8. The van der Waals surface area contributed by atoms with E-state index in [2.05, 4.69) is 25.7 Å². The van der Waals surface area contributed by atoms with Crippen molar-refractivity contribution in [3.8, 4) is 11.4 Å². The SMILES string of the molecule is O=C(N[C@H]1CCCC[C@@H]1n1nnc(-c2ccccc2)n1)c1ccccn1. The number of tetrazole rings is 1. The zero-order valence-corrected chi connectivity index (χ0v) is 14.3. The average molecular weight is 348 g/mol. The van der Waals surface area contributed by atoms with Gasteiger partial charge in [-0.25, -0.2) is 0 Å². The Labute approximate surface area is 151 Å². The molecule has 26 heavy (non-hydrogen) atoms. The molecule has 2 atom stereocenters.